The number of pyridine rings is 1. The van der Waals surface area contributed by atoms with Crippen molar-refractivity contribution in [3.63, 3.8) is 0 Å². The Bertz CT molecular complexity index is 672. The highest BCUT2D eigenvalue weighted by Gasteiger charge is 2.37. The van der Waals surface area contributed by atoms with Gasteiger partial charge in [0.15, 0.2) is 5.82 Å². The molecule has 1 aliphatic rings. The van der Waals surface area contributed by atoms with Gasteiger partial charge >= 0.3 is 0 Å². The number of amides is 1. The molecular formula is C16H21N5O2. The number of carbonyl (C=O) groups is 1. The smallest absolute Gasteiger partial charge is 0.227 e. The lowest BCUT2D eigenvalue weighted by Gasteiger charge is -2.22. The summed E-state index contributed by atoms with van der Waals surface area (Å²) >= 11 is 0. The van der Waals surface area contributed by atoms with Crippen LogP contribution < -0.4 is 4.90 Å². The summed E-state index contributed by atoms with van der Waals surface area (Å²) in [6.07, 6.45) is 1.78. The van der Waals surface area contributed by atoms with Crippen molar-refractivity contribution in [1.29, 1.82) is 0 Å². The van der Waals surface area contributed by atoms with Crippen molar-refractivity contribution in [1.82, 2.24) is 20.0 Å². The average molecular weight is 315 g/mol. The summed E-state index contributed by atoms with van der Waals surface area (Å²) in [6.45, 7) is 5.73. The zero-order valence-corrected chi connectivity index (χ0v) is 13.6. The topological polar surface area (TPSA) is 75.4 Å². The molecular weight excluding hydrogens is 294 g/mol. The van der Waals surface area contributed by atoms with Gasteiger partial charge < -0.3 is 14.3 Å². The van der Waals surface area contributed by atoms with Gasteiger partial charge in [0, 0.05) is 33.3 Å². The fourth-order valence-electron chi connectivity index (χ4n) is 2.99. The van der Waals surface area contributed by atoms with Crippen molar-refractivity contribution in [3.8, 4) is 0 Å². The summed E-state index contributed by atoms with van der Waals surface area (Å²) in [7, 11) is 1.78. The average Bonchev–Trinajstić information content (AvgIpc) is 3.13. The minimum atomic E-state index is -0.0463. The van der Waals surface area contributed by atoms with Gasteiger partial charge in [-0.25, -0.2) is 4.98 Å². The second-order valence-corrected chi connectivity index (χ2v) is 6.10. The van der Waals surface area contributed by atoms with E-state index in [2.05, 4.69) is 26.9 Å². The van der Waals surface area contributed by atoms with Gasteiger partial charge in [0.1, 0.15) is 5.82 Å². The van der Waals surface area contributed by atoms with Crippen LogP contribution in [0, 0.1) is 18.8 Å². The quantitative estimate of drug-likeness (QED) is 0.851. The molecule has 1 amide bonds. The van der Waals surface area contributed by atoms with E-state index in [-0.39, 0.29) is 17.7 Å². The Morgan fingerprint density at radius 1 is 1.43 bits per heavy atom. The molecule has 2 aromatic rings. The van der Waals surface area contributed by atoms with Crippen LogP contribution in [-0.2, 0) is 11.3 Å². The van der Waals surface area contributed by atoms with E-state index in [0.717, 1.165) is 12.4 Å². The first kappa shape index (κ1) is 15.5. The van der Waals surface area contributed by atoms with E-state index in [1.54, 1.807) is 25.1 Å². The maximum absolute atomic E-state index is 12.7. The molecule has 7 heteroatoms. The minimum absolute atomic E-state index is 0.0463. The van der Waals surface area contributed by atoms with Gasteiger partial charge in [0.05, 0.1) is 12.5 Å². The number of hydrogen-bond donors (Lipinski definition) is 0. The van der Waals surface area contributed by atoms with Crippen molar-refractivity contribution in [3.05, 3.63) is 36.1 Å². The third-order valence-corrected chi connectivity index (χ3v) is 4.23. The summed E-state index contributed by atoms with van der Waals surface area (Å²) in [6, 6.07) is 5.84. The van der Waals surface area contributed by atoms with Gasteiger partial charge in [-0.15, -0.1) is 0 Å². The molecule has 0 aromatic carbocycles. The largest absolute Gasteiger partial charge is 0.356 e. The summed E-state index contributed by atoms with van der Waals surface area (Å²) < 4.78 is 4.95. The van der Waals surface area contributed by atoms with Crippen LogP contribution in [0.25, 0.3) is 0 Å². The molecule has 0 unspecified atom stereocenters. The molecule has 0 N–H and O–H groups in total. The molecule has 122 valence electrons. The summed E-state index contributed by atoms with van der Waals surface area (Å²) in [5, 5.41) is 3.85. The second-order valence-electron chi connectivity index (χ2n) is 6.10. The van der Waals surface area contributed by atoms with E-state index in [1.165, 1.54) is 0 Å². The standard InChI is InChI=1S/C16H21N5O2/c1-11-8-21(15-6-4-5-7-17-15)9-13(11)16(22)20(3)10-14-18-12(2)23-19-14/h4-7,11,13H,8-10H2,1-3H3/t11-,13-/m1/s1. The first-order valence-electron chi connectivity index (χ1n) is 7.74. The molecule has 3 heterocycles. The lowest BCUT2D eigenvalue weighted by Crippen LogP contribution is -2.36. The molecule has 23 heavy (non-hydrogen) atoms. The van der Waals surface area contributed by atoms with Crippen molar-refractivity contribution >= 4 is 11.7 Å². The van der Waals surface area contributed by atoms with Crippen LogP contribution in [0.3, 0.4) is 0 Å². The normalized spacial score (nSPS) is 20.7. The molecule has 3 rings (SSSR count). The fraction of sp³-hybridized carbons (Fsp3) is 0.500. The summed E-state index contributed by atoms with van der Waals surface area (Å²) in [5.41, 5.74) is 0. The maximum atomic E-state index is 12.7. The highest BCUT2D eigenvalue weighted by Crippen LogP contribution is 2.28. The Hall–Kier alpha value is -2.44. The first-order valence-corrected chi connectivity index (χ1v) is 7.74. The SMILES string of the molecule is Cc1nc(CN(C)C(=O)[C@@H]2CN(c3ccccn3)C[C@H]2C)no1. The number of aryl methyl sites for hydroxylation is 1. The van der Waals surface area contributed by atoms with Crippen LogP contribution in [0.4, 0.5) is 5.82 Å². The Balaban J connectivity index is 1.65. The van der Waals surface area contributed by atoms with Crippen molar-refractivity contribution in [2.24, 2.45) is 11.8 Å². The highest BCUT2D eigenvalue weighted by molar-refractivity contribution is 5.80. The zero-order valence-electron chi connectivity index (χ0n) is 13.6. The molecule has 0 saturated carbocycles. The number of rotatable bonds is 4. The number of anilines is 1. The molecule has 2 aromatic heterocycles. The van der Waals surface area contributed by atoms with Crippen molar-refractivity contribution in [2.45, 2.75) is 20.4 Å². The van der Waals surface area contributed by atoms with Gasteiger partial charge in [-0.3, -0.25) is 4.79 Å². The molecule has 0 radical (unpaired) electrons. The molecule has 1 fully saturated rings. The van der Waals surface area contributed by atoms with E-state index in [0.29, 0.717) is 24.8 Å². The fourth-order valence-corrected chi connectivity index (χ4v) is 2.99. The molecule has 0 spiro atoms. The molecule has 7 nitrogen and oxygen atoms in total. The van der Waals surface area contributed by atoms with Crippen LogP contribution in [0.5, 0.6) is 0 Å². The summed E-state index contributed by atoms with van der Waals surface area (Å²) in [5.74, 6) is 2.31. The van der Waals surface area contributed by atoms with E-state index >= 15 is 0 Å². The third-order valence-electron chi connectivity index (χ3n) is 4.23. The van der Waals surface area contributed by atoms with E-state index in [4.69, 9.17) is 4.52 Å². The predicted molar refractivity (Wildman–Crippen MR) is 84.6 cm³/mol. The van der Waals surface area contributed by atoms with Crippen molar-refractivity contribution in [2.75, 3.05) is 25.0 Å². The number of aromatic nitrogens is 3. The van der Waals surface area contributed by atoms with E-state index in [9.17, 15) is 4.79 Å². The van der Waals surface area contributed by atoms with Gasteiger partial charge in [0.2, 0.25) is 11.8 Å². The zero-order chi connectivity index (χ0) is 16.4. The van der Waals surface area contributed by atoms with Gasteiger partial charge in [0.25, 0.3) is 0 Å². The predicted octanol–water partition coefficient (Wildman–Crippen LogP) is 1.50. The number of nitrogens with zero attached hydrogens (tertiary/aromatic N) is 5. The van der Waals surface area contributed by atoms with Crippen LogP contribution in [0.1, 0.15) is 18.6 Å². The van der Waals surface area contributed by atoms with Crippen LogP contribution in [-0.4, -0.2) is 46.1 Å². The Kier molecular flexibility index (Phi) is 4.27. The van der Waals surface area contributed by atoms with E-state index in [1.807, 2.05) is 18.2 Å². The van der Waals surface area contributed by atoms with Crippen LogP contribution >= 0.6 is 0 Å². The van der Waals surface area contributed by atoms with Gasteiger partial charge in [-0.05, 0) is 18.1 Å². The maximum Gasteiger partial charge on any atom is 0.227 e. The molecule has 0 bridgehead atoms. The number of hydrogen-bond acceptors (Lipinski definition) is 6. The Morgan fingerprint density at radius 3 is 2.91 bits per heavy atom. The number of carbonyl (C=O) groups excluding carboxylic acids is 1. The minimum Gasteiger partial charge on any atom is -0.356 e. The van der Waals surface area contributed by atoms with Crippen molar-refractivity contribution < 1.29 is 9.32 Å². The summed E-state index contributed by atoms with van der Waals surface area (Å²) in [4.78, 5) is 25.1. The lowest BCUT2D eigenvalue weighted by molar-refractivity contribution is -0.135. The monoisotopic (exact) mass is 315 g/mol. The van der Waals surface area contributed by atoms with Gasteiger partial charge in [-0.1, -0.05) is 18.1 Å². The molecule has 1 aliphatic heterocycles. The van der Waals surface area contributed by atoms with Crippen LogP contribution in [0.15, 0.2) is 28.9 Å². The van der Waals surface area contributed by atoms with Crippen LogP contribution in [0.2, 0.25) is 0 Å². The molecule has 2 atom stereocenters. The van der Waals surface area contributed by atoms with Gasteiger partial charge in [-0.2, -0.15) is 4.98 Å². The first-order chi connectivity index (χ1) is 11.0. The molecule has 1 saturated heterocycles. The second kappa shape index (κ2) is 6.36. The lowest BCUT2D eigenvalue weighted by atomic mass is 9.97. The molecule has 0 aliphatic carbocycles. The Morgan fingerprint density at radius 2 is 2.26 bits per heavy atom. The highest BCUT2D eigenvalue weighted by atomic mass is 16.5. The third kappa shape index (κ3) is 3.33. The Labute approximate surface area is 135 Å². The van der Waals surface area contributed by atoms with E-state index < -0.39 is 0 Å².